The molecule has 0 spiro atoms. The molecule has 0 aromatic heterocycles. The Morgan fingerprint density at radius 1 is 1.23 bits per heavy atom. The number of amides is 1. The highest BCUT2D eigenvalue weighted by atomic mass is 32.2. The summed E-state index contributed by atoms with van der Waals surface area (Å²) in [7, 11) is 0. The molecule has 3 rings (SSSR count). The number of ether oxygens (including phenoxy) is 2. The van der Waals surface area contributed by atoms with Crippen LogP contribution in [0.2, 0.25) is 0 Å². The minimum Gasteiger partial charge on any atom is -0.454 e. The van der Waals surface area contributed by atoms with Crippen LogP contribution in [0.5, 0.6) is 11.5 Å². The summed E-state index contributed by atoms with van der Waals surface area (Å²) in [6.45, 7) is 1.92. The number of anilines is 1. The van der Waals surface area contributed by atoms with E-state index in [-0.39, 0.29) is 18.5 Å². The highest BCUT2D eigenvalue weighted by Crippen LogP contribution is 2.34. The second kappa shape index (κ2) is 6.27. The van der Waals surface area contributed by atoms with Gasteiger partial charge in [0.2, 0.25) is 12.7 Å². The van der Waals surface area contributed by atoms with E-state index in [1.165, 1.54) is 17.8 Å². The van der Waals surface area contributed by atoms with Crippen molar-refractivity contribution >= 4 is 23.4 Å². The lowest BCUT2D eigenvalue weighted by Gasteiger charge is -2.12. The molecule has 0 saturated carbocycles. The maximum Gasteiger partial charge on any atom is 0.237 e. The number of rotatable bonds is 4. The molecule has 1 amide bonds. The van der Waals surface area contributed by atoms with Gasteiger partial charge in [-0.25, -0.2) is 4.39 Å². The van der Waals surface area contributed by atoms with Crippen LogP contribution in [-0.2, 0) is 4.79 Å². The lowest BCUT2D eigenvalue weighted by Crippen LogP contribution is -2.22. The van der Waals surface area contributed by atoms with Gasteiger partial charge < -0.3 is 14.8 Å². The fourth-order valence-electron chi connectivity index (χ4n) is 2.00. The number of thioether (sulfide) groups is 1. The minimum atomic E-state index is -0.428. The molecule has 4 nitrogen and oxygen atoms in total. The molecule has 114 valence electrons. The molecule has 0 radical (unpaired) electrons. The largest absolute Gasteiger partial charge is 0.454 e. The zero-order chi connectivity index (χ0) is 15.5. The third-order valence-electron chi connectivity index (χ3n) is 3.15. The lowest BCUT2D eigenvalue weighted by atomic mass is 10.2. The third-order valence-corrected chi connectivity index (χ3v) is 4.30. The quantitative estimate of drug-likeness (QED) is 0.874. The summed E-state index contributed by atoms with van der Waals surface area (Å²) < 4.78 is 24.1. The first-order chi connectivity index (χ1) is 10.6. The van der Waals surface area contributed by atoms with Gasteiger partial charge in [-0.05, 0) is 31.2 Å². The Morgan fingerprint density at radius 3 is 2.82 bits per heavy atom. The van der Waals surface area contributed by atoms with Crippen molar-refractivity contribution in [3.63, 3.8) is 0 Å². The van der Waals surface area contributed by atoms with Gasteiger partial charge in [-0.2, -0.15) is 0 Å². The number of nitrogens with one attached hydrogen (secondary N) is 1. The molecule has 0 fully saturated rings. The Hall–Kier alpha value is -2.21. The van der Waals surface area contributed by atoms with E-state index in [9.17, 15) is 9.18 Å². The molecule has 1 atom stereocenters. The normalized spacial score (nSPS) is 13.7. The van der Waals surface area contributed by atoms with Crippen molar-refractivity contribution in [2.75, 3.05) is 12.1 Å². The fraction of sp³-hybridized carbons (Fsp3) is 0.188. The minimum absolute atomic E-state index is 0.187. The Balaban J connectivity index is 1.65. The van der Waals surface area contributed by atoms with E-state index in [0.717, 1.165) is 0 Å². The van der Waals surface area contributed by atoms with Gasteiger partial charge in [0.25, 0.3) is 0 Å². The predicted octanol–water partition coefficient (Wildman–Crippen LogP) is 3.67. The number of hydrogen-bond acceptors (Lipinski definition) is 4. The van der Waals surface area contributed by atoms with Crippen LogP contribution in [0, 0.1) is 5.82 Å². The first-order valence-corrected chi connectivity index (χ1v) is 7.63. The Bertz CT molecular complexity index is 708. The number of benzene rings is 2. The van der Waals surface area contributed by atoms with Gasteiger partial charge in [0.15, 0.2) is 11.5 Å². The molecule has 1 heterocycles. The molecule has 1 aliphatic heterocycles. The molecule has 1 unspecified atom stereocenters. The smallest absolute Gasteiger partial charge is 0.237 e. The monoisotopic (exact) mass is 319 g/mol. The van der Waals surface area contributed by atoms with Gasteiger partial charge in [-0.15, -0.1) is 11.8 Å². The van der Waals surface area contributed by atoms with E-state index in [4.69, 9.17) is 9.47 Å². The van der Waals surface area contributed by atoms with Crippen molar-refractivity contribution in [2.45, 2.75) is 17.1 Å². The lowest BCUT2D eigenvalue weighted by molar-refractivity contribution is -0.115. The first-order valence-electron chi connectivity index (χ1n) is 6.75. The summed E-state index contributed by atoms with van der Waals surface area (Å²) in [6, 6.07) is 11.6. The molecule has 22 heavy (non-hydrogen) atoms. The first kappa shape index (κ1) is 14.7. The van der Waals surface area contributed by atoms with Crippen LogP contribution in [0.1, 0.15) is 6.92 Å². The van der Waals surface area contributed by atoms with Crippen molar-refractivity contribution in [1.29, 1.82) is 0 Å². The van der Waals surface area contributed by atoms with Gasteiger partial charge in [-0.3, -0.25) is 4.79 Å². The topological polar surface area (TPSA) is 47.6 Å². The van der Waals surface area contributed by atoms with E-state index in [0.29, 0.717) is 22.1 Å². The average molecular weight is 319 g/mol. The van der Waals surface area contributed by atoms with Crippen LogP contribution in [0.4, 0.5) is 10.1 Å². The number of carbonyl (C=O) groups excluding carboxylic acids is 1. The maximum absolute atomic E-state index is 13.6. The maximum atomic E-state index is 13.6. The van der Waals surface area contributed by atoms with Gasteiger partial charge >= 0.3 is 0 Å². The number of halogens is 1. The number of hydrogen-bond donors (Lipinski definition) is 1. The fourth-order valence-corrected chi connectivity index (χ4v) is 2.89. The molecule has 6 heteroatoms. The summed E-state index contributed by atoms with van der Waals surface area (Å²) >= 11 is 1.18. The molecule has 0 bridgehead atoms. The molecule has 2 aromatic carbocycles. The van der Waals surface area contributed by atoms with Crippen LogP contribution < -0.4 is 14.8 Å². The van der Waals surface area contributed by atoms with E-state index >= 15 is 0 Å². The molecular formula is C16H14FNO3S. The summed E-state index contributed by atoms with van der Waals surface area (Å²) in [4.78, 5) is 12.7. The molecule has 1 N–H and O–H groups in total. The second-order valence-corrected chi connectivity index (χ2v) is 6.13. The SMILES string of the molecule is CC(Sc1ccccc1F)C(=O)Nc1ccc2c(c1)OCO2. The Kier molecular flexibility index (Phi) is 4.20. The van der Waals surface area contributed by atoms with Crippen molar-refractivity contribution in [2.24, 2.45) is 0 Å². The van der Waals surface area contributed by atoms with Crippen LogP contribution >= 0.6 is 11.8 Å². The van der Waals surface area contributed by atoms with E-state index in [1.807, 2.05) is 0 Å². The molecule has 1 aliphatic rings. The molecule has 0 saturated heterocycles. The Labute approximate surface area is 131 Å². The molecule has 2 aromatic rings. The van der Waals surface area contributed by atoms with Crippen molar-refractivity contribution in [1.82, 2.24) is 0 Å². The van der Waals surface area contributed by atoms with Crippen LogP contribution in [-0.4, -0.2) is 18.0 Å². The highest BCUT2D eigenvalue weighted by molar-refractivity contribution is 8.00. The van der Waals surface area contributed by atoms with Crippen molar-refractivity contribution in [3.05, 3.63) is 48.3 Å². The second-order valence-electron chi connectivity index (χ2n) is 4.75. The average Bonchev–Trinajstić information content (AvgIpc) is 2.97. The third kappa shape index (κ3) is 3.17. The van der Waals surface area contributed by atoms with E-state index < -0.39 is 5.25 Å². The van der Waals surface area contributed by atoms with Crippen molar-refractivity contribution in [3.8, 4) is 11.5 Å². The van der Waals surface area contributed by atoms with Gasteiger partial charge in [-0.1, -0.05) is 12.1 Å². The summed E-state index contributed by atoms with van der Waals surface area (Å²) in [5.41, 5.74) is 0.621. The molecule has 0 aliphatic carbocycles. The van der Waals surface area contributed by atoms with Crippen molar-refractivity contribution < 1.29 is 18.7 Å². The Morgan fingerprint density at radius 2 is 2.00 bits per heavy atom. The predicted molar refractivity (Wildman–Crippen MR) is 82.9 cm³/mol. The number of carbonyl (C=O) groups is 1. The summed E-state index contributed by atoms with van der Waals surface area (Å²) in [5, 5.41) is 2.36. The molecular weight excluding hydrogens is 305 g/mol. The zero-order valence-corrected chi connectivity index (χ0v) is 12.7. The van der Waals surface area contributed by atoms with Gasteiger partial charge in [0.1, 0.15) is 5.82 Å². The number of fused-ring (bicyclic) bond motifs is 1. The van der Waals surface area contributed by atoms with Crippen LogP contribution in [0.15, 0.2) is 47.4 Å². The van der Waals surface area contributed by atoms with Gasteiger partial charge in [0.05, 0.1) is 5.25 Å². The highest BCUT2D eigenvalue weighted by Gasteiger charge is 2.18. The zero-order valence-electron chi connectivity index (χ0n) is 11.8. The van der Waals surface area contributed by atoms with Crippen LogP contribution in [0.25, 0.3) is 0 Å². The van der Waals surface area contributed by atoms with Gasteiger partial charge in [0, 0.05) is 16.6 Å². The summed E-state index contributed by atoms with van der Waals surface area (Å²) in [5.74, 6) is 0.737. The van der Waals surface area contributed by atoms with E-state index in [2.05, 4.69) is 5.32 Å². The summed E-state index contributed by atoms with van der Waals surface area (Å²) in [6.07, 6.45) is 0. The standard InChI is InChI=1S/C16H14FNO3S/c1-10(22-15-5-3-2-4-12(15)17)16(19)18-11-6-7-13-14(8-11)21-9-20-13/h2-8,10H,9H2,1H3,(H,18,19). The van der Waals surface area contributed by atoms with Crippen LogP contribution in [0.3, 0.4) is 0 Å². The van der Waals surface area contributed by atoms with E-state index in [1.54, 1.807) is 43.3 Å².